The molecule has 0 radical (unpaired) electrons. The molecular weight excluding hydrogens is 450 g/mol. The number of carbonyl (C=O) groups is 2. The van der Waals surface area contributed by atoms with Crippen LogP contribution in [0.5, 0.6) is 0 Å². The first-order chi connectivity index (χ1) is 16.1. The maximum Gasteiger partial charge on any atom is 0.234 e. The van der Waals surface area contributed by atoms with E-state index in [4.69, 9.17) is 0 Å². The lowest BCUT2D eigenvalue weighted by molar-refractivity contribution is -0.126. The van der Waals surface area contributed by atoms with Crippen LogP contribution in [0.4, 0.5) is 0 Å². The van der Waals surface area contributed by atoms with Gasteiger partial charge < -0.3 is 10.6 Å². The van der Waals surface area contributed by atoms with Crippen molar-refractivity contribution in [2.24, 2.45) is 5.92 Å². The summed E-state index contributed by atoms with van der Waals surface area (Å²) in [4.78, 5) is 30.0. The van der Waals surface area contributed by atoms with E-state index in [0.717, 1.165) is 42.8 Å². The Morgan fingerprint density at radius 3 is 2.42 bits per heavy atom. The third-order valence-corrected chi connectivity index (χ3v) is 7.99. The number of benzene rings is 1. The largest absolute Gasteiger partial charge is 0.355 e. The molecule has 2 aromatic heterocycles. The van der Waals surface area contributed by atoms with E-state index in [9.17, 15) is 9.59 Å². The van der Waals surface area contributed by atoms with Gasteiger partial charge in [0, 0.05) is 22.2 Å². The van der Waals surface area contributed by atoms with Crippen LogP contribution in [0.2, 0.25) is 0 Å². The Morgan fingerprint density at radius 1 is 1.03 bits per heavy atom. The third kappa shape index (κ3) is 6.76. The van der Waals surface area contributed by atoms with Gasteiger partial charge in [0.15, 0.2) is 0 Å². The fraction of sp³-hybridized carbons (Fsp3) is 0.385. The minimum Gasteiger partial charge on any atom is -0.355 e. The first kappa shape index (κ1) is 23.7. The molecule has 1 unspecified atom stereocenters. The molecule has 33 heavy (non-hydrogen) atoms. The Hall–Kier alpha value is -2.48. The van der Waals surface area contributed by atoms with Crippen molar-refractivity contribution >= 4 is 34.5 Å². The van der Waals surface area contributed by atoms with Gasteiger partial charge in [0.1, 0.15) is 0 Å². The van der Waals surface area contributed by atoms with Crippen LogP contribution >= 0.6 is 22.7 Å². The van der Waals surface area contributed by atoms with Crippen molar-refractivity contribution in [3.8, 4) is 0 Å². The van der Waals surface area contributed by atoms with Crippen LogP contribution < -0.4 is 10.6 Å². The lowest BCUT2D eigenvalue weighted by Crippen LogP contribution is -2.45. The van der Waals surface area contributed by atoms with E-state index < -0.39 is 0 Å². The SMILES string of the molecule is Cc1ccc(C(NC(=O)CN2CCC(C(=O)NCCc3cccs3)CC2)c2cccs2)cc1. The Kier molecular flexibility index (Phi) is 8.31. The van der Waals surface area contributed by atoms with Crippen molar-refractivity contribution < 1.29 is 9.59 Å². The van der Waals surface area contributed by atoms with Crippen LogP contribution in [0.25, 0.3) is 0 Å². The monoisotopic (exact) mass is 481 g/mol. The first-order valence-corrected chi connectivity index (χ1v) is 13.3. The fourth-order valence-electron chi connectivity index (χ4n) is 4.20. The van der Waals surface area contributed by atoms with Crippen LogP contribution in [0.1, 0.15) is 39.8 Å². The maximum atomic E-state index is 12.9. The topological polar surface area (TPSA) is 61.4 Å². The fourth-order valence-corrected chi connectivity index (χ4v) is 5.72. The molecule has 4 rings (SSSR count). The zero-order chi connectivity index (χ0) is 23.0. The number of amides is 2. The maximum absolute atomic E-state index is 12.9. The highest BCUT2D eigenvalue weighted by atomic mass is 32.1. The number of carbonyl (C=O) groups excluding carboxylic acids is 2. The van der Waals surface area contributed by atoms with E-state index in [1.165, 1.54) is 10.4 Å². The molecule has 0 saturated carbocycles. The number of thiophene rings is 2. The Morgan fingerprint density at radius 2 is 1.76 bits per heavy atom. The second kappa shape index (κ2) is 11.6. The van der Waals surface area contributed by atoms with E-state index in [0.29, 0.717) is 13.1 Å². The molecule has 0 aliphatic carbocycles. The van der Waals surface area contributed by atoms with Crippen LogP contribution in [-0.2, 0) is 16.0 Å². The highest BCUT2D eigenvalue weighted by Crippen LogP contribution is 2.26. The summed E-state index contributed by atoms with van der Waals surface area (Å²) < 4.78 is 0. The van der Waals surface area contributed by atoms with Crippen LogP contribution in [0.15, 0.2) is 59.3 Å². The normalized spacial score (nSPS) is 15.8. The number of likely N-dealkylation sites (tertiary alicyclic amines) is 1. The van der Waals surface area contributed by atoms with Gasteiger partial charge in [-0.1, -0.05) is 42.0 Å². The van der Waals surface area contributed by atoms with Crippen molar-refractivity contribution in [3.63, 3.8) is 0 Å². The molecule has 1 aliphatic heterocycles. The Bertz CT molecular complexity index is 1010. The van der Waals surface area contributed by atoms with Gasteiger partial charge in [0.25, 0.3) is 0 Å². The van der Waals surface area contributed by atoms with Gasteiger partial charge >= 0.3 is 0 Å². The van der Waals surface area contributed by atoms with Crippen LogP contribution in [0.3, 0.4) is 0 Å². The van der Waals surface area contributed by atoms with Crippen molar-refractivity contribution in [1.29, 1.82) is 0 Å². The van der Waals surface area contributed by atoms with Gasteiger partial charge in [-0.05, 0) is 67.7 Å². The molecule has 5 nitrogen and oxygen atoms in total. The number of rotatable bonds is 9. The molecule has 1 fully saturated rings. The molecular formula is C26H31N3O2S2. The molecule has 174 valence electrons. The number of nitrogens with zero attached hydrogens (tertiary/aromatic N) is 1. The molecule has 2 N–H and O–H groups in total. The number of nitrogens with one attached hydrogen (secondary N) is 2. The summed E-state index contributed by atoms with van der Waals surface area (Å²) in [5.41, 5.74) is 2.29. The number of hydrogen-bond donors (Lipinski definition) is 2. The smallest absolute Gasteiger partial charge is 0.234 e. The molecule has 7 heteroatoms. The molecule has 1 aromatic carbocycles. The summed E-state index contributed by atoms with van der Waals surface area (Å²) in [6.07, 6.45) is 2.48. The van der Waals surface area contributed by atoms with Gasteiger partial charge in [-0.3, -0.25) is 14.5 Å². The van der Waals surface area contributed by atoms with Gasteiger partial charge in [-0.2, -0.15) is 0 Å². The van der Waals surface area contributed by atoms with Gasteiger partial charge in [0.05, 0.1) is 12.6 Å². The standard InChI is InChI=1S/C26H31N3O2S2/c1-19-6-8-20(9-7-19)25(23-5-3-17-33-23)28-24(30)18-29-14-11-21(12-15-29)26(31)27-13-10-22-4-2-16-32-22/h2-9,16-17,21,25H,10-15,18H2,1H3,(H,27,31)(H,28,30). The minimum atomic E-state index is -0.134. The van der Waals surface area contributed by atoms with Gasteiger partial charge in [-0.25, -0.2) is 0 Å². The summed E-state index contributed by atoms with van der Waals surface area (Å²) in [6, 6.07) is 16.4. The lowest BCUT2D eigenvalue weighted by Gasteiger charge is -2.31. The number of aryl methyl sites for hydroxylation is 1. The highest BCUT2D eigenvalue weighted by Gasteiger charge is 2.26. The second-order valence-corrected chi connectivity index (χ2v) is 10.6. The first-order valence-electron chi connectivity index (χ1n) is 11.5. The Labute approximate surface area is 203 Å². The quantitative estimate of drug-likeness (QED) is 0.476. The van der Waals surface area contributed by atoms with E-state index >= 15 is 0 Å². The lowest BCUT2D eigenvalue weighted by atomic mass is 9.96. The molecule has 1 atom stereocenters. The third-order valence-electron chi connectivity index (χ3n) is 6.12. The molecule has 3 heterocycles. The molecule has 3 aromatic rings. The minimum absolute atomic E-state index is 0.0211. The summed E-state index contributed by atoms with van der Waals surface area (Å²) >= 11 is 3.38. The summed E-state index contributed by atoms with van der Waals surface area (Å²) in [5.74, 6) is 0.208. The zero-order valence-corrected chi connectivity index (χ0v) is 20.6. The van der Waals surface area contributed by atoms with Crippen LogP contribution in [-0.4, -0.2) is 42.9 Å². The average molecular weight is 482 g/mol. The second-order valence-electron chi connectivity index (χ2n) is 8.60. The summed E-state index contributed by atoms with van der Waals surface area (Å²) in [5, 5.41) is 10.4. The predicted octanol–water partition coefficient (Wildman–Crippen LogP) is 4.39. The predicted molar refractivity (Wildman–Crippen MR) is 136 cm³/mol. The summed E-state index contributed by atoms with van der Waals surface area (Å²) in [7, 11) is 0. The van der Waals surface area contributed by atoms with Crippen molar-refractivity contribution in [2.75, 3.05) is 26.2 Å². The van der Waals surface area contributed by atoms with E-state index in [1.807, 2.05) is 17.5 Å². The van der Waals surface area contributed by atoms with Crippen molar-refractivity contribution in [2.45, 2.75) is 32.2 Å². The van der Waals surface area contributed by atoms with Crippen molar-refractivity contribution in [1.82, 2.24) is 15.5 Å². The highest BCUT2D eigenvalue weighted by molar-refractivity contribution is 7.10. The molecule has 1 saturated heterocycles. The van der Waals surface area contributed by atoms with Crippen molar-refractivity contribution in [3.05, 3.63) is 80.2 Å². The number of piperidine rings is 1. The van der Waals surface area contributed by atoms with Crippen LogP contribution in [0, 0.1) is 12.8 Å². The Balaban J connectivity index is 1.24. The van der Waals surface area contributed by atoms with Gasteiger partial charge in [-0.15, -0.1) is 22.7 Å². The van der Waals surface area contributed by atoms with E-state index in [2.05, 4.69) is 64.2 Å². The average Bonchev–Trinajstić information content (AvgIpc) is 3.53. The van der Waals surface area contributed by atoms with E-state index in [1.54, 1.807) is 22.7 Å². The molecule has 2 amide bonds. The zero-order valence-electron chi connectivity index (χ0n) is 19.0. The van der Waals surface area contributed by atoms with Gasteiger partial charge in [0.2, 0.25) is 11.8 Å². The van der Waals surface area contributed by atoms with E-state index in [-0.39, 0.29) is 23.8 Å². The molecule has 0 bridgehead atoms. The molecule has 0 spiro atoms. The summed E-state index contributed by atoms with van der Waals surface area (Å²) in [6.45, 7) is 4.65. The number of hydrogen-bond acceptors (Lipinski definition) is 5. The molecule has 1 aliphatic rings.